The predicted octanol–water partition coefficient (Wildman–Crippen LogP) is 5.44. The Hall–Kier alpha value is -0.790. The Morgan fingerprint density at radius 1 is 0.947 bits per heavy atom. The Morgan fingerprint density at radius 3 is 2.16 bits per heavy atom. The van der Waals surface area contributed by atoms with Gasteiger partial charge in [0.1, 0.15) is 0 Å². The van der Waals surface area contributed by atoms with E-state index in [1.54, 1.807) is 0 Å². The van der Waals surface area contributed by atoms with Crippen LogP contribution in [0.2, 0.25) is 5.02 Å². The molecule has 0 radical (unpaired) electrons. The number of alkyl halides is 1. The van der Waals surface area contributed by atoms with Gasteiger partial charge in [0.05, 0.1) is 0 Å². The summed E-state index contributed by atoms with van der Waals surface area (Å²) in [6, 6.07) is 16.7. The monoisotopic (exact) mass is 336 g/mol. The molecular formula is C17H18BrCl. The van der Waals surface area contributed by atoms with Gasteiger partial charge in [0.2, 0.25) is 0 Å². The third kappa shape index (κ3) is 4.09. The molecule has 0 aliphatic heterocycles. The van der Waals surface area contributed by atoms with Crippen LogP contribution in [-0.2, 0) is 12.8 Å². The lowest BCUT2D eigenvalue weighted by molar-refractivity contribution is 0.589. The minimum atomic E-state index is 0.570. The molecule has 0 aliphatic carbocycles. The molecule has 2 aromatic rings. The maximum absolute atomic E-state index is 6.24. The fourth-order valence-corrected chi connectivity index (χ4v) is 2.98. The Balaban J connectivity index is 2.09. The van der Waals surface area contributed by atoms with Crippen molar-refractivity contribution in [1.82, 2.24) is 0 Å². The minimum Gasteiger partial charge on any atom is -0.0925 e. The van der Waals surface area contributed by atoms with Crippen LogP contribution in [0.4, 0.5) is 0 Å². The standard InChI is InChI=1S/C17H18BrCl/c1-13-6-2-3-7-15(13)10-14(12-18)11-16-8-4-5-9-17(16)19/h2-9,14H,10-12H2,1H3. The zero-order valence-corrected chi connectivity index (χ0v) is 13.4. The van der Waals surface area contributed by atoms with Crippen LogP contribution >= 0.6 is 27.5 Å². The first kappa shape index (κ1) is 14.6. The normalized spacial score (nSPS) is 12.4. The molecule has 0 saturated heterocycles. The van der Waals surface area contributed by atoms with E-state index in [2.05, 4.69) is 59.3 Å². The summed E-state index contributed by atoms with van der Waals surface area (Å²) < 4.78 is 0. The molecule has 0 spiro atoms. The van der Waals surface area contributed by atoms with Crippen molar-refractivity contribution in [2.45, 2.75) is 19.8 Å². The minimum absolute atomic E-state index is 0.570. The van der Waals surface area contributed by atoms with E-state index in [1.165, 1.54) is 16.7 Å². The number of hydrogen-bond acceptors (Lipinski definition) is 0. The van der Waals surface area contributed by atoms with Gasteiger partial charge in [-0.2, -0.15) is 0 Å². The van der Waals surface area contributed by atoms with E-state index >= 15 is 0 Å². The Morgan fingerprint density at radius 2 is 1.53 bits per heavy atom. The first-order chi connectivity index (χ1) is 9.20. The molecule has 0 saturated carbocycles. The first-order valence-corrected chi connectivity index (χ1v) is 8.04. The molecule has 0 aromatic heterocycles. The Kier molecular flexibility index (Phi) is 5.47. The van der Waals surface area contributed by atoms with E-state index in [4.69, 9.17) is 11.6 Å². The van der Waals surface area contributed by atoms with Crippen LogP contribution in [0, 0.1) is 12.8 Å². The van der Waals surface area contributed by atoms with Crippen LogP contribution in [0.1, 0.15) is 16.7 Å². The summed E-state index contributed by atoms with van der Waals surface area (Å²) in [4.78, 5) is 0. The van der Waals surface area contributed by atoms with Crippen molar-refractivity contribution in [2.24, 2.45) is 5.92 Å². The number of aryl methyl sites for hydroxylation is 1. The van der Waals surface area contributed by atoms with E-state index in [9.17, 15) is 0 Å². The summed E-state index contributed by atoms with van der Waals surface area (Å²) in [7, 11) is 0. The molecule has 0 N–H and O–H groups in total. The zero-order valence-electron chi connectivity index (χ0n) is 11.1. The lowest BCUT2D eigenvalue weighted by Crippen LogP contribution is -2.11. The van der Waals surface area contributed by atoms with Crippen molar-refractivity contribution in [2.75, 3.05) is 5.33 Å². The van der Waals surface area contributed by atoms with Gasteiger partial charge in [0.25, 0.3) is 0 Å². The Bertz CT molecular complexity index is 489. The number of rotatable bonds is 5. The maximum atomic E-state index is 6.24. The highest BCUT2D eigenvalue weighted by molar-refractivity contribution is 9.09. The highest BCUT2D eigenvalue weighted by Gasteiger charge is 2.12. The summed E-state index contributed by atoms with van der Waals surface area (Å²) >= 11 is 9.88. The van der Waals surface area contributed by atoms with Crippen molar-refractivity contribution < 1.29 is 0 Å². The third-order valence-corrected chi connectivity index (χ3v) is 4.74. The molecule has 0 heterocycles. The average Bonchev–Trinajstić information content (AvgIpc) is 2.42. The number of benzene rings is 2. The van der Waals surface area contributed by atoms with Gasteiger partial charge < -0.3 is 0 Å². The fourth-order valence-electron chi connectivity index (χ4n) is 2.31. The van der Waals surface area contributed by atoms with Crippen molar-refractivity contribution in [3.05, 3.63) is 70.2 Å². The molecule has 19 heavy (non-hydrogen) atoms. The van der Waals surface area contributed by atoms with Crippen LogP contribution in [0.3, 0.4) is 0 Å². The van der Waals surface area contributed by atoms with E-state index in [-0.39, 0.29) is 0 Å². The number of hydrogen-bond donors (Lipinski definition) is 0. The SMILES string of the molecule is Cc1ccccc1CC(CBr)Cc1ccccc1Cl. The smallest absolute Gasteiger partial charge is 0.0438 e. The van der Waals surface area contributed by atoms with Gasteiger partial charge in [-0.15, -0.1) is 0 Å². The van der Waals surface area contributed by atoms with E-state index in [0.717, 1.165) is 23.2 Å². The molecule has 1 unspecified atom stereocenters. The van der Waals surface area contributed by atoms with Crippen molar-refractivity contribution in [3.8, 4) is 0 Å². The van der Waals surface area contributed by atoms with Gasteiger partial charge >= 0.3 is 0 Å². The molecular weight excluding hydrogens is 320 g/mol. The van der Waals surface area contributed by atoms with E-state index in [1.807, 2.05) is 12.1 Å². The predicted molar refractivity (Wildman–Crippen MR) is 87.3 cm³/mol. The fraction of sp³-hybridized carbons (Fsp3) is 0.294. The second-order valence-electron chi connectivity index (χ2n) is 4.95. The van der Waals surface area contributed by atoms with Crippen molar-refractivity contribution in [3.63, 3.8) is 0 Å². The quantitative estimate of drug-likeness (QED) is 0.637. The van der Waals surface area contributed by atoms with E-state index < -0.39 is 0 Å². The largest absolute Gasteiger partial charge is 0.0925 e. The second-order valence-corrected chi connectivity index (χ2v) is 6.00. The molecule has 0 fully saturated rings. The van der Waals surface area contributed by atoms with Crippen LogP contribution in [0.25, 0.3) is 0 Å². The number of halogens is 2. The average molecular weight is 338 g/mol. The molecule has 0 aliphatic rings. The molecule has 0 bridgehead atoms. The van der Waals surface area contributed by atoms with E-state index in [0.29, 0.717) is 5.92 Å². The highest BCUT2D eigenvalue weighted by atomic mass is 79.9. The third-order valence-electron chi connectivity index (χ3n) is 3.45. The molecule has 100 valence electrons. The zero-order chi connectivity index (χ0) is 13.7. The highest BCUT2D eigenvalue weighted by Crippen LogP contribution is 2.23. The van der Waals surface area contributed by atoms with Crippen LogP contribution in [-0.4, -0.2) is 5.33 Å². The van der Waals surface area contributed by atoms with Gasteiger partial charge in [0, 0.05) is 10.4 Å². The summed E-state index contributed by atoms with van der Waals surface area (Å²) in [5.74, 6) is 0.570. The summed E-state index contributed by atoms with van der Waals surface area (Å²) in [6.45, 7) is 2.18. The summed E-state index contributed by atoms with van der Waals surface area (Å²) in [5, 5.41) is 1.87. The second kappa shape index (κ2) is 7.12. The molecule has 2 heteroatoms. The van der Waals surface area contributed by atoms with Crippen LogP contribution in [0.15, 0.2) is 48.5 Å². The van der Waals surface area contributed by atoms with Crippen LogP contribution < -0.4 is 0 Å². The van der Waals surface area contributed by atoms with Gasteiger partial charge in [-0.05, 0) is 48.4 Å². The van der Waals surface area contributed by atoms with Gasteiger partial charge in [-0.3, -0.25) is 0 Å². The summed E-state index contributed by atoms with van der Waals surface area (Å²) in [5.41, 5.74) is 4.04. The van der Waals surface area contributed by atoms with Gasteiger partial charge in [-0.25, -0.2) is 0 Å². The lowest BCUT2D eigenvalue weighted by atomic mass is 9.92. The first-order valence-electron chi connectivity index (χ1n) is 6.54. The van der Waals surface area contributed by atoms with Crippen molar-refractivity contribution in [1.29, 1.82) is 0 Å². The van der Waals surface area contributed by atoms with Gasteiger partial charge in [0.15, 0.2) is 0 Å². The molecule has 2 rings (SSSR count). The Labute approximate surface area is 128 Å². The lowest BCUT2D eigenvalue weighted by Gasteiger charge is -2.16. The molecule has 0 nitrogen and oxygen atoms in total. The molecule has 0 amide bonds. The van der Waals surface area contributed by atoms with Crippen LogP contribution in [0.5, 0.6) is 0 Å². The topological polar surface area (TPSA) is 0 Å². The molecule has 1 atom stereocenters. The van der Waals surface area contributed by atoms with Crippen molar-refractivity contribution >= 4 is 27.5 Å². The summed E-state index contributed by atoms with van der Waals surface area (Å²) in [6.07, 6.45) is 2.10. The van der Waals surface area contributed by atoms with Gasteiger partial charge in [-0.1, -0.05) is 70.0 Å². The maximum Gasteiger partial charge on any atom is 0.0438 e. The molecule has 2 aromatic carbocycles.